The Balaban J connectivity index is 2.43. The van der Waals surface area contributed by atoms with E-state index >= 15 is 0 Å². The lowest BCUT2D eigenvalue weighted by molar-refractivity contribution is 0.630. The number of hydrogen-bond acceptors (Lipinski definition) is 4. The first-order valence-corrected chi connectivity index (χ1v) is 3.50. The monoisotopic (exact) mass is 164 g/mol. The first kappa shape index (κ1) is 6.96. The molecule has 2 heterocycles. The summed E-state index contributed by atoms with van der Waals surface area (Å²) in [6.45, 7) is 0. The molecule has 62 valence electrons. The van der Waals surface area contributed by atoms with Crippen molar-refractivity contribution in [3.63, 3.8) is 0 Å². The SMILES string of the molecule is Cn1ccc(-c2nnn(C)n2)n1. The zero-order valence-corrected chi connectivity index (χ0v) is 6.84. The molecule has 2 rings (SSSR count). The molecular formula is C6H8N6. The van der Waals surface area contributed by atoms with Crippen molar-refractivity contribution in [1.82, 2.24) is 30.0 Å². The van der Waals surface area contributed by atoms with Gasteiger partial charge in [0.05, 0.1) is 7.05 Å². The summed E-state index contributed by atoms with van der Waals surface area (Å²) in [6.07, 6.45) is 1.84. The van der Waals surface area contributed by atoms with Gasteiger partial charge in [-0.25, -0.2) is 0 Å². The molecule has 0 unspecified atom stereocenters. The normalized spacial score (nSPS) is 10.5. The van der Waals surface area contributed by atoms with E-state index in [4.69, 9.17) is 0 Å². The van der Waals surface area contributed by atoms with E-state index in [2.05, 4.69) is 20.5 Å². The number of aromatic nitrogens is 6. The van der Waals surface area contributed by atoms with E-state index in [1.54, 1.807) is 11.7 Å². The second-order valence-corrected chi connectivity index (χ2v) is 2.48. The quantitative estimate of drug-likeness (QED) is 0.576. The second-order valence-electron chi connectivity index (χ2n) is 2.48. The van der Waals surface area contributed by atoms with Gasteiger partial charge in [0.1, 0.15) is 5.69 Å². The molecular weight excluding hydrogens is 156 g/mol. The molecule has 0 bridgehead atoms. The molecule has 6 heteroatoms. The summed E-state index contributed by atoms with van der Waals surface area (Å²) in [5, 5.41) is 15.7. The van der Waals surface area contributed by atoms with Gasteiger partial charge in [0, 0.05) is 13.2 Å². The fraction of sp³-hybridized carbons (Fsp3) is 0.333. The summed E-state index contributed by atoms with van der Waals surface area (Å²) in [4.78, 5) is 1.41. The first-order chi connectivity index (χ1) is 5.75. The maximum absolute atomic E-state index is 4.13. The van der Waals surface area contributed by atoms with Gasteiger partial charge >= 0.3 is 0 Å². The van der Waals surface area contributed by atoms with Crippen molar-refractivity contribution in [2.75, 3.05) is 0 Å². The van der Waals surface area contributed by atoms with Crippen LogP contribution in [0.2, 0.25) is 0 Å². The molecule has 0 aliphatic rings. The standard InChI is InChI=1S/C6H8N6/c1-11-4-3-5(8-11)6-7-10-12(2)9-6/h3-4H,1-2H3. The molecule has 12 heavy (non-hydrogen) atoms. The van der Waals surface area contributed by atoms with Gasteiger partial charge in [-0.05, 0) is 11.3 Å². The molecule has 2 aromatic rings. The maximum Gasteiger partial charge on any atom is 0.225 e. The van der Waals surface area contributed by atoms with Gasteiger partial charge in [-0.3, -0.25) is 4.68 Å². The lowest BCUT2D eigenvalue weighted by Gasteiger charge is -1.84. The fourth-order valence-corrected chi connectivity index (χ4v) is 0.921. The van der Waals surface area contributed by atoms with Crippen LogP contribution in [0.5, 0.6) is 0 Å². The molecule has 2 aromatic heterocycles. The zero-order valence-electron chi connectivity index (χ0n) is 6.84. The van der Waals surface area contributed by atoms with E-state index in [0.717, 1.165) is 5.69 Å². The van der Waals surface area contributed by atoms with Crippen LogP contribution in [0.4, 0.5) is 0 Å². The molecule has 0 aliphatic heterocycles. The fourth-order valence-electron chi connectivity index (χ4n) is 0.921. The third-order valence-corrected chi connectivity index (χ3v) is 1.45. The van der Waals surface area contributed by atoms with E-state index in [1.165, 1.54) is 4.80 Å². The zero-order chi connectivity index (χ0) is 8.55. The average Bonchev–Trinajstić information content (AvgIpc) is 2.58. The van der Waals surface area contributed by atoms with Crippen LogP contribution in [0.15, 0.2) is 12.3 Å². The highest BCUT2D eigenvalue weighted by Crippen LogP contribution is 2.07. The predicted octanol–water partition coefficient (Wildman–Crippen LogP) is -0.389. The summed E-state index contributed by atoms with van der Waals surface area (Å²) < 4.78 is 1.70. The number of nitrogens with zero attached hydrogens (tertiary/aromatic N) is 6. The van der Waals surface area contributed by atoms with Crippen LogP contribution in [-0.4, -0.2) is 30.0 Å². The smallest absolute Gasteiger partial charge is 0.225 e. The summed E-state index contributed by atoms with van der Waals surface area (Å²) in [7, 11) is 3.57. The molecule has 0 amide bonds. The van der Waals surface area contributed by atoms with Crippen LogP contribution in [-0.2, 0) is 14.1 Å². The van der Waals surface area contributed by atoms with Crippen molar-refractivity contribution in [3.8, 4) is 11.5 Å². The van der Waals surface area contributed by atoms with Crippen molar-refractivity contribution in [1.29, 1.82) is 0 Å². The summed E-state index contributed by atoms with van der Waals surface area (Å²) >= 11 is 0. The molecule has 0 atom stereocenters. The van der Waals surface area contributed by atoms with Gasteiger partial charge in [-0.1, -0.05) is 0 Å². The van der Waals surface area contributed by atoms with E-state index in [1.807, 2.05) is 19.3 Å². The molecule has 6 nitrogen and oxygen atoms in total. The molecule has 0 fully saturated rings. The number of tetrazole rings is 1. The van der Waals surface area contributed by atoms with Crippen molar-refractivity contribution in [3.05, 3.63) is 12.3 Å². The highest BCUT2D eigenvalue weighted by atomic mass is 15.6. The van der Waals surface area contributed by atoms with Crippen LogP contribution in [0, 0.1) is 0 Å². The van der Waals surface area contributed by atoms with E-state index in [0.29, 0.717) is 5.82 Å². The minimum absolute atomic E-state index is 0.554. The summed E-state index contributed by atoms with van der Waals surface area (Å²) in [5.41, 5.74) is 0.741. The lowest BCUT2D eigenvalue weighted by Crippen LogP contribution is -1.92. The molecule has 0 saturated carbocycles. The summed E-state index contributed by atoms with van der Waals surface area (Å²) in [5.74, 6) is 0.554. The third-order valence-electron chi connectivity index (χ3n) is 1.45. The van der Waals surface area contributed by atoms with Gasteiger partial charge in [0.25, 0.3) is 0 Å². The highest BCUT2D eigenvalue weighted by Gasteiger charge is 2.05. The number of hydrogen-bond donors (Lipinski definition) is 0. The minimum Gasteiger partial charge on any atom is -0.275 e. The predicted molar refractivity (Wildman–Crippen MR) is 41.0 cm³/mol. The molecule has 0 radical (unpaired) electrons. The van der Waals surface area contributed by atoms with E-state index < -0.39 is 0 Å². The Hall–Kier alpha value is -1.72. The molecule has 0 saturated heterocycles. The molecule has 0 spiro atoms. The van der Waals surface area contributed by atoms with Crippen LogP contribution < -0.4 is 0 Å². The third kappa shape index (κ3) is 1.07. The van der Waals surface area contributed by atoms with Crippen molar-refractivity contribution >= 4 is 0 Å². The van der Waals surface area contributed by atoms with Crippen LogP contribution >= 0.6 is 0 Å². The number of aryl methyl sites for hydroxylation is 2. The Bertz CT molecular complexity index is 348. The van der Waals surface area contributed by atoms with Gasteiger partial charge in [-0.15, -0.1) is 10.2 Å². The molecule has 0 aromatic carbocycles. The first-order valence-electron chi connectivity index (χ1n) is 3.50. The Labute approximate surface area is 68.8 Å². The topological polar surface area (TPSA) is 61.4 Å². The Morgan fingerprint density at radius 1 is 1.25 bits per heavy atom. The molecule has 0 N–H and O–H groups in total. The largest absolute Gasteiger partial charge is 0.275 e. The van der Waals surface area contributed by atoms with Gasteiger partial charge < -0.3 is 0 Å². The van der Waals surface area contributed by atoms with Gasteiger partial charge in [0.2, 0.25) is 5.82 Å². The van der Waals surface area contributed by atoms with Crippen LogP contribution in [0.3, 0.4) is 0 Å². The average molecular weight is 164 g/mol. The second kappa shape index (κ2) is 2.40. The van der Waals surface area contributed by atoms with Crippen LogP contribution in [0.25, 0.3) is 11.5 Å². The van der Waals surface area contributed by atoms with E-state index in [9.17, 15) is 0 Å². The Kier molecular flexibility index (Phi) is 1.39. The minimum atomic E-state index is 0.554. The van der Waals surface area contributed by atoms with Crippen molar-refractivity contribution < 1.29 is 0 Å². The summed E-state index contributed by atoms with van der Waals surface area (Å²) in [6, 6.07) is 1.84. The van der Waals surface area contributed by atoms with Crippen LogP contribution in [0.1, 0.15) is 0 Å². The number of rotatable bonds is 1. The lowest BCUT2D eigenvalue weighted by atomic mass is 10.4. The van der Waals surface area contributed by atoms with Crippen molar-refractivity contribution in [2.45, 2.75) is 0 Å². The van der Waals surface area contributed by atoms with Gasteiger partial charge in [0.15, 0.2) is 0 Å². The Morgan fingerprint density at radius 2 is 2.08 bits per heavy atom. The van der Waals surface area contributed by atoms with Crippen molar-refractivity contribution in [2.24, 2.45) is 14.1 Å². The van der Waals surface area contributed by atoms with E-state index in [-0.39, 0.29) is 0 Å². The maximum atomic E-state index is 4.13. The highest BCUT2D eigenvalue weighted by molar-refractivity contribution is 5.45. The van der Waals surface area contributed by atoms with Gasteiger partial charge in [-0.2, -0.15) is 9.90 Å². The Morgan fingerprint density at radius 3 is 2.58 bits per heavy atom. The molecule has 0 aliphatic carbocycles.